The number of rotatable bonds is 4. The van der Waals surface area contributed by atoms with Crippen LogP contribution in [0.1, 0.15) is 22.8 Å². The summed E-state index contributed by atoms with van der Waals surface area (Å²) < 4.78 is 1.56. The molecule has 0 saturated heterocycles. The first-order chi connectivity index (χ1) is 11.1. The van der Waals surface area contributed by atoms with Crippen LogP contribution in [0.25, 0.3) is 0 Å². The van der Waals surface area contributed by atoms with E-state index >= 15 is 0 Å². The van der Waals surface area contributed by atoms with Crippen LogP contribution in [0.2, 0.25) is 0 Å². The van der Waals surface area contributed by atoms with Crippen LogP contribution in [0.15, 0.2) is 30.6 Å². The van der Waals surface area contributed by atoms with Crippen LogP contribution in [0.5, 0.6) is 0 Å². The summed E-state index contributed by atoms with van der Waals surface area (Å²) in [5, 5.41) is 15.7. The van der Waals surface area contributed by atoms with Crippen LogP contribution in [0, 0.1) is 0 Å². The van der Waals surface area contributed by atoms with Gasteiger partial charge in [0.15, 0.2) is 0 Å². The van der Waals surface area contributed by atoms with Crippen molar-refractivity contribution in [2.24, 2.45) is 0 Å². The number of anilines is 2. The number of nitrogens with one attached hydrogen (secondary N) is 1. The van der Waals surface area contributed by atoms with Crippen LogP contribution in [-0.4, -0.2) is 39.9 Å². The molecule has 2 aromatic rings. The summed E-state index contributed by atoms with van der Waals surface area (Å²) in [5.74, 6) is -0.213. The van der Waals surface area contributed by atoms with Crippen molar-refractivity contribution in [2.45, 2.75) is 19.9 Å². The number of nitrogens with zero attached hydrogens (tertiary/aromatic N) is 3. The zero-order valence-corrected chi connectivity index (χ0v) is 12.8. The highest BCUT2D eigenvalue weighted by Gasteiger charge is 2.23. The summed E-state index contributed by atoms with van der Waals surface area (Å²) in [6, 6.07) is 5.35. The Labute approximate surface area is 133 Å². The van der Waals surface area contributed by atoms with Gasteiger partial charge >= 0.3 is 0 Å². The lowest BCUT2D eigenvalue weighted by molar-refractivity contribution is -0.116. The zero-order chi connectivity index (χ0) is 16.4. The zero-order valence-electron chi connectivity index (χ0n) is 12.8. The predicted molar refractivity (Wildman–Crippen MR) is 85.4 cm³/mol. The van der Waals surface area contributed by atoms with Gasteiger partial charge in [-0.3, -0.25) is 14.3 Å². The van der Waals surface area contributed by atoms with Crippen molar-refractivity contribution in [1.29, 1.82) is 0 Å². The third-order valence-corrected chi connectivity index (χ3v) is 3.84. The number of benzene rings is 1. The average Bonchev–Trinajstić information content (AvgIpc) is 3.13. The highest BCUT2D eigenvalue weighted by atomic mass is 16.3. The molecule has 0 unspecified atom stereocenters. The fourth-order valence-electron chi connectivity index (χ4n) is 2.73. The summed E-state index contributed by atoms with van der Waals surface area (Å²) >= 11 is 0. The van der Waals surface area contributed by atoms with Crippen LogP contribution < -0.4 is 10.2 Å². The second-order valence-corrected chi connectivity index (χ2v) is 5.43. The molecule has 0 radical (unpaired) electrons. The molecule has 1 aromatic carbocycles. The molecule has 0 fully saturated rings. The van der Waals surface area contributed by atoms with Gasteiger partial charge in [-0.25, -0.2) is 0 Å². The molecular formula is C16H18N4O3. The topological polar surface area (TPSA) is 87.5 Å². The van der Waals surface area contributed by atoms with Crippen molar-refractivity contribution in [3.8, 4) is 0 Å². The van der Waals surface area contributed by atoms with Gasteiger partial charge in [-0.2, -0.15) is 5.10 Å². The minimum absolute atomic E-state index is 0.00740. The van der Waals surface area contributed by atoms with Crippen molar-refractivity contribution in [3.63, 3.8) is 0 Å². The normalized spacial score (nSPS) is 13.0. The smallest absolute Gasteiger partial charge is 0.255 e. The van der Waals surface area contributed by atoms with E-state index in [1.165, 1.54) is 0 Å². The van der Waals surface area contributed by atoms with E-state index in [0.717, 1.165) is 17.7 Å². The SMILES string of the molecule is CC(=O)N1CCc2cc(C(=O)Nc3cnn(CCO)c3)ccc21. The van der Waals surface area contributed by atoms with Gasteiger partial charge in [-0.1, -0.05) is 0 Å². The van der Waals surface area contributed by atoms with E-state index in [1.54, 1.807) is 35.0 Å². The number of aliphatic hydroxyl groups excluding tert-OH is 1. The van der Waals surface area contributed by atoms with Gasteiger partial charge in [-0.05, 0) is 30.2 Å². The maximum Gasteiger partial charge on any atom is 0.255 e. The van der Waals surface area contributed by atoms with E-state index in [1.807, 2.05) is 12.1 Å². The van der Waals surface area contributed by atoms with Gasteiger partial charge in [0.2, 0.25) is 5.91 Å². The van der Waals surface area contributed by atoms with Gasteiger partial charge in [-0.15, -0.1) is 0 Å². The number of carbonyl (C=O) groups excluding carboxylic acids is 2. The maximum atomic E-state index is 12.3. The third-order valence-electron chi connectivity index (χ3n) is 3.84. The molecule has 0 aliphatic carbocycles. The summed E-state index contributed by atoms with van der Waals surface area (Å²) in [6.45, 7) is 2.57. The van der Waals surface area contributed by atoms with Crippen molar-refractivity contribution < 1.29 is 14.7 Å². The fourth-order valence-corrected chi connectivity index (χ4v) is 2.73. The number of hydrogen-bond donors (Lipinski definition) is 2. The summed E-state index contributed by atoms with van der Waals surface area (Å²) in [4.78, 5) is 25.6. The Balaban J connectivity index is 1.74. The molecule has 1 aliphatic heterocycles. The molecule has 2 amide bonds. The third kappa shape index (κ3) is 3.09. The second-order valence-electron chi connectivity index (χ2n) is 5.43. The number of aliphatic hydroxyl groups is 1. The van der Waals surface area contributed by atoms with E-state index < -0.39 is 0 Å². The monoisotopic (exact) mass is 314 g/mol. The molecule has 120 valence electrons. The number of aromatic nitrogens is 2. The molecule has 0 atom stereocenters. The Hall–Kier alpha value is -2.67. The molecule has 0 bridgehead atoms. The Kier molecular flexibility index (Phi) is 4.12. The first kappa shape index (κ1) is 15.2. The highest BCUT2D eigenvalue weighted by molar-refractivity contribution is 6.05. The molecular weight excluding hydrogens is 296 g/mol. The van der Waals surface area contributed by atoms with E-state index in [9.17, 15) is 9.59 Å². The summed E-state index contributed by atoms with van der Waals surface area (Å²) in [6.07, 6.45) is 3.96. The second kappa shape index (κ2) is 6.21. The Morgan fingerprint density at radius 3 is 2.96 bits per heavy atom. The fraction of sp³-hybridized carbons (Fsp3) is 0.312. The van der Waals surface area contributed by atoms with E-state index in [0.29, 0.717) is 24.3 Å². The van der Waals surface area contributed by atoms with Crippen LogP contribution in [0.3, 0.4) is 0 Å². The Morgan fingerprint density at radius 2 is 2.22 bits per heavy atom. The minimum Gasteiger partial charge on any atom is -0.394 e. The van der Waals surface area contributed by atoms with Crippen molar-refractivity contribution in [2.75, 3.05) is 23.4 Å². The van der Waals surface area contributed by atoms with Gasteiger partial charge < -0.3 is 15.3 Å². The first-order valence-electron chi connectivity index (χ1n) is 7.44. The maximum absolute atomic E-state index is 12.3. The molecule has 23 heavy (non-hydrogen) atoms. The van der Waals surface area contributed by atoms with Gasteiger partial charge in [0.05, 0.1) is 25.0 Å². The van der Waals surface area contributed by atoms with E-state index in [-0.39, 0.29) is 18.4 Å². The number of hydrogen-bond acceptors (Lipinski definition) is 4. The molecule has 1 aliphatic rings. The van der Waals surface area contributed by atoms with Crippen molar-refractivity contribution >= 4 is 23.2 Å². The molecule has 1 aromatic heterocycles. The minimum atomic E-state index is -0.224. The average molecular weight is 314 g/mol. The number of amides is 2. The van der Waals surface area contributed by atoms with Crippen molar-refractivity contribution in [3.05, 3.63) is 41.7 Å². The Bertz CT molecular complexity index is 754. The lowest BCUT2D eigenvalue weighted by atomic mass is 10.1. The number of fused-ring (bicyclic) bond motifs is 1. The van der Waals surface area contributed by atoms with Crippen LogP contribution in [-0.2, 0) is 17.8 Å². The van der Waals surface area contributed by atoms with Crippen LogP contribution in [0.4, 0.5) is 11.4 Å². The van der Waals surface area contributed by atoms with Crippen molar-refractivity contribution in [1.82, 2.24) is 9.78 Å². The first-order valence-corrected chi connectivity index (χ1v) is 7.44. The molecule has 7 nitrogen and oxygen atoms in total. The van der Waals surface area contributed by atoms with Gasteiger partial charge in [0.25, 0.3) is 5.91 Å². The lowest BCUT2D eigenvalue weighted by Gasteiger charge is -2.14. The molecule has 0 spiro atoms. The molecule has 2 heterocycles. The molecule has 0 saturated carbocycles. The molecule has 3 rings (SSSR count). The largest absolute Gasteiger partial charge is 0.394 e. The quantitative estimate of drug-likeness (QED) is 0.882. The molecule has 7 heteroatoms. The predicted octanol–water partition coefficient (Wildman–Crippen LogP) is 1.04. The summed E-state index contributed by atoms with van der Waals surface area (Å²) in [5.41, 5.74) is 3.01. The molecule has 2 N–H and O–H groups in total. The Morgan fingerprint density at radius 1 is 1.39 bits per heavy atom. The lowest BCUT2D eigenvalue weighted by Crippen LogP contribution is -2.25. The van der Waals surface area contributed by atoms with E-state index in [4.69, 9.17) is 5.11 Å². The van der Waals surface area contributed by atoms with Gasteiger partial charge in [0, 0.05) is 30.9 Å². The number of carbonyl (C=O) groups is 2. The van der Waals surface area contributed by atoms with Gasteiger partial charge in [0.1, 0.15) is 0 Å². The standard InChI is InChI=1S/C16H18N4O3/c1-11(22)20-5-4-12-8-13(2-3-15(12)20)16(23)18-14-9-17-19(10-14)6-7-21/h2-3,8-10,21H,4-7H2,1H3,(H,18,23). The van der Waals surface area contributed by atoms with E-state index in [2.05, 4.69) is 10.4 Å². The highest BCUT2D eigenvalue weighted by Crippen LogP contribution is 2.29. The van der Waals surface area contributed by atoms with Crippen LogP contribution >= 0.6 is 0 Å². The summed E-state index contributed by atoms with van der Waals surface area (Å²) in [7, 11) is 0.